The zero-order chi connectivity index (χ0) is 15.8. The van der Waals surface area contributed by atoms with E-state index in [0.717, 1.165) is 6.07 Å². The van der Waals surface area contributed by atoms with Gasteiger partial charge in [0.15, 0.2) is 0 Å². The minimum atomic E-state index is -4.54. The highest BCUT2D eigenvalue weighted by molar-refractivity contribution is 5.69. The van der Waals surface area contributed by atoms with Crippen LogP contribution in [0.25, 0.3) is 0 Å². The second kappa shape index (κ2) is 5.13. The minimum absolute atomic E-state index is 0.00458. The second-order valence-corrected chi connectivity index (χ2v) is 5.59. The summed E-state index contributed by atoms with van der Waals surface area (Å²) in [6.45, 7) is 3.52. The van der Waals surface area contributed by atoms with Crippen LogP contribution in [0, 0.1) is 5.41 Å². The molecule has 0 aromatic heterocycles. The maximum atomic E-state index is 13.3. The van der Waals surface area contributed by atoms with Crippen molar-refractivity contribution in [3.8, 4) is 5.75 Å². The fourth-order valence-electron chi connectivity index (χ4n) is 2.35. The number of carbonyl (C=O) groups is 1. The summed E-state index contributed by atoms with van der Waals surface area (Å²) in [5.74, 6) is 0.113. The van der Waals surface area contributed by atoms with Crippen LogP contribution in [-0.2, 0) is 10.9 Å². The number of benzene rings is 1. The van der Waals surface area contributed by atoms with E-state index in [-0.39, 0.29) is 17.9 Å². The molecule has 1 saturated heterocycles. The SMILES string of the molecule is COc1ccc([C@@H]2NC(=O)OCC2(C)C)c(C(F)(F)F)c1. The Labute approximate surface area is 120 Å². The van der Waals surface area contributed by atoms with Gasteiger partial charge in [-0.2, -0.15) is 13.2 Å². The largest absolute Gasteiger partial charge is 0.497 e. The summed E-state index contributed by atoms with van der Waals surface area (Å²) in [6, 6.07) is 2.93. The summed E-state index contributed by atoms with van der Waals surface area (Å²) in [4.78, 5) is 11.4. The molecule has 4 nitrogen and oxygen atoms in total. The fraction of sp³-hybridized carbons (Fsp3) is 0.500. The highest BCUT2D eigenvalue weighted by atomic mass is 19.4. The van der Waals surface area contributed by atoms with Gasteiger partial charge in [0, 0.05) is 5.41 Å². The van der Waals surface area contributed by atoms with E-state index >= 15 is 0 Å². The Bertz CT molecular complexity index is 555. The molecule has 0 bridgehead atoms. The van der Waals surface area contributed by atoms with Crippen LogP contribution < -0.4 is 10.1 Å². The number of methoxy groups -OCH3 is 1. The molecule has 1 aliphatic heterocycles. The number of carbonyl (C=O) groups excluding carboxylic acids is 1. The molecule has 2 rings (SSSR count). The van der Waals surface area contributed by atoms with Crippen molar-refractivity contribution in [1.29, 1.82) is 0 Å². The van der Waals surface area contributed by atoms with Crippen molar-refractivity contribution in [3.63, 3.8) is 0 Å². The first-order valence-electron chi connectivity index (χ1n) is 6.33. The molecule has 0 spiro atoms. The van der Waals surface area contributed by atoms with Crippen molar-refractivity contribution < 1.29 is 27.4 Å². The first-order chi connectivity index (χ1) is 9.65. The predicted octanol–water partition coefficient (Wildman–Crippen LogP) is 3.52. The van der Waals surface area contributed by atoms with Crippen molar-refractivity contribution in [3.05, 3.63) is 29.3 Å². The molecule has 0 saturated carbocycles. The van der Waals surface area contributed by atoms with Crippen molar-refractivity contribution in [2.45, 2.75) is 26.1 Å². The third kappa shape index (κ3) is 3.06. The van der Waals surface area contributed by atoms with E-state index in [1.165, 1.54) is 19.2 Å². The molecule has 0 aliphatic carbocycles. The molecular weight excluding hydrogens is 287 g/mol. The Kier molecular flexibility index (Phi) is 3.78. The molecule has 1 heterocycles. The third-order valence-corrected chi connectivity index (χ3v) is 3.50. The van der Waals surface area contributed by atoms with Crippen LogP contribution in [0.2, 0.25) is 0 Å². The van der Waals surface area contributed by atoms with Crippen LogP contribution >= 0.6 is 0 Å². The number of ether oxygens (including phenoxy) is 2. The Balaban J connectivity index is 2.54. The van der Waals surface area contributed by atoms with Crippen molar-refractivity contribution in [1.82, 2.24) is 5.32 Å². The Hall–Kier alpha value is -1.92. The second-order valence-electron chi connectivity index (χ2n) is 5.59. The number of halogens is 3. The van der Waals surface area contributed by atoms with Crippen molar-refractivity contribution in [2.24, 2.45) is 5.41 Å². The van der Waals surface area contributed by atoms with E-state index in [4.69, 9.17) is 9.47 Å². The molecule has 21 heavy (non-hydrogen) atoms. The third-order valence-electron chi connectivity index (χ3n) is 3.50. The molecule has 1 aromatic carbocycles. The number of hydrogen-bond donors (Lipinski definition) is 1. The molecule has 1 fully saturated rings. The number of amides is 1. The minimum Gasteiger partial charge on any atom is -0.497 e. The van der Waals surface area contributed by atoms with E-state index in [2.05, 4.69) is 5.32 Å². The quantitative estimate of drug-likeness (QED) is 0.909. The molecule has 1 N–H and O–H groups in total. The highest BCUT2D eigenvalue weighted by Crippen LogP contribution is 2.43. The molecule has 1 amide bonds. The van der Waals surface area contributed by atoms with Crippen LogP contribution in [0.15, 0.2) is 18.2 Å². The van der Waals surface area contributed by atoms with Gasteiger partial charge in [0.25, 0.3) is 0 Å². The topological polar surface area (TPSA) is 47.6 Å². The monoisotopic (exact) mass is 303 g/mol. The van der Waals surface area contributed by atoms with E-state index in [1.807, 2.05) is 0 Å². The summed E-state index contributed by atoms with van der Waals surface area (Å²) in [7, 11) is 1.30. The number of nitrogens with one attached hydrogen (secondary N) is 1. The van der Waals surface area contributed by atoms with Gasteiger partial charge in [0.1, 0.15) is 12.4 Å². The molecule has 1 atom stereocenters. The van der Waals surface area contributed by atoms with E-state index in [9.17, 15) is 18.0 Å². The van der Waals surface area contributed by atoms with Crippen LogP contribution in [0.5, 0.6) is 5.75 Å². The fourth-order valence-corrected chi connectivity index (χ4v) is 2.35. The zero-order valence-corrected chi connectivity index (χ0v) is 11.9. The molecular formula is C14H16F3NO3. The number of alkyl halides is 3. The normalized spacial score (nSPS) is 21.4. The summed E-state index contributed by atoms with van der Waals surface area (Å²) in [5, 5.41) is 2.47. The molecule has 116 valence electrons. The smallest absolute Gasteiger partial charge is 0.416 e. The standard InChI is InChI=1S/C14H16F3NO3/c1-13(2)7-21-12(19)18-11(13)9-5-4-8(20-3)6-10(9)14(15,16)17/h4-6,11H,7H2,1-3H3,(H,18,19)/t11-/m0/s1. The zero-order valence-electron chi connectivity index (χ0n) is 11.9. The average Bonchev–Trinajstić information content (AvgIpc) is 2.40. The van der Waals surface area contributed by atoms with Gasteiger partial charge in [-0.3, -0.25) is 0 Å². The lowest BCUT2D eigenvalue weighted by Gasteiger charge is -2.39. The van der Waals surface area contributed by atoms with Crippen LogP contribution in [0.3, 0.4) is 0 Å². The Morgan fingerprint density at radius 2 is 2.05 bits per heavy atom. The number of rotatable bonds is 2. The van der Waals surface area contributed by atoms with Gasteiger partial charge in [0.05, 0.1) is 18.7 Å². The molecule has 7 heteroatoms. The lowest BCUT2D eigenvalue weighted by atomic mass is 9.78. The first-order valence-corrected chi connectivity index (χ1v) is 6.33. The molecule has 1 aliphatic rings. The van der Waals surface area contributed by atoms with Crippen LogP contribution in [-0.4, -0.2) is 19.8 Å². The lowest BCUT2D eigenvalue weighted by molar-refractivity contribution is -0.139. The van der Waals surface area contributed by atoms with Gasteiger partial charge in [-0.15, -0.1) is 0 Å². The first kappa shape index (κ1) is 15.5. The molecule has 0 unspecified atom stereocenters. The highest BCUT2D eigenvalue weighted by Gasteiger charge is 2.43. The van der Waals surface area contributed by atoms with Gasteiger partial charge in [-0.1, -0.05) is 19.9 Å². The van der Waals surface area contributed by atoms with E-state index < -0.39 is 29.3 Å². The van der Waals surface area contributed by atoms with Crippen molar-refractivity contribution in [2.75, 3.05) is 13.7 Å². The van der Waals surface area contributed by atoms with Crippen LogP contribution in [0.4, 0.5) is 18.0 Å². The molecule has 1 aromatic rings. The van der Waals surface area contributed by atoms with Gasteiger partial charge < -0.3 is 14.8 Å². The van der Waals surface area contributed by atoms with Gasteiger partial charge in [0.2, 0.25) is 0 Å². The average molecular weight is 303 g/mol. The maximum absolute atomic E-state index is 13.3. The van der Waals surface area contributed by atoms with E-state index in [1.54, 1.807) is 13.8 Å². The van der Waals surface area contributed by atoms with Gasteiger partial charge >= 0.3 is 12.3 Å². The Morgan fingerprint density at radius 1 is 1.38 bits per heavy atom. The maximum Gasteiger partial charge on any atom is 0.416 e. The summed E-state index contributed by atoms with van der Waals surface area (Å²) < 4.78 is 49.5. The van der Waals surface area contributed by atoms with Gasteiger partial charge in [-0.25, -0.2) is 4.79 Å². The number of hydrogen-bond acceptors (Lipinski definition) is 3. The lowest BCUT2D eigenvalue weighted by Crippen LogP contribution is -2.47. The number of cyclic esters (lactones) is 1. The van der Waals surface area contributed by atoms with Crippen LogP contribution in [0.1, 0.15) is 31.0 Å². The number of alkyl carbamates (subject to hydrolysis) is 1. The van der Waals surface area contributed by atoms with Gasteiger partial charge in [-0.05, 0) is 17.7 Å². The summed E-state index contributed by atoms with van der Waals surface area (Å²) in [5.41, 5.74) is -1.48. The molecule has 0 radical (unpaired) electrons. The van der Waals surface area contributed by atoms with Crippen molar-refractivity contribution >= 4 is 6.09 Å². The summed E-state index contributed by atoms with van der Waals surface area (Å²) >= 11 is 0. The van der Waals surface area contributed by atoms with E-state index in [0.29, 0.717) is 0 Å². The Morgan fingerprint density at radius 3 is 2.62 bits per heavy atom. The summed E-state index contributed by atoms with van der Waals surface area (Å²) in [6.07, 6.45) is -5.26. The predicted molar refractivity (Wildman–Crippen MR) is 69.0 cm³/mol.